The van der Waals surface area contributed by atoms with Crippen molar-refractivity contribution in [3.05, 3.63) is 30.1 Å². The Labute approximate surface area is 114 Å². The Balaban J connectivity index is 1.79. The van der Waals surface area contributed by atoms with Gasteiger partial charge < -0.3 is 15.0 Å². The van der Waals surface area contributed by atoms with E-state index >= 15 is 0 Å². The third kappa shape index (κ3) is 4.29. The van der Waals surface area contributed by atoms with Crippen molar-refractivity contribution in [1.29, 1.82) is 0 Å². The van der Waals surface area contributed by atoms with Crippen molar-refractivity contribution in [2.45, 2.75) is 25.6 Å². The summed E-state index contributed by atoms with van der Waals surface area (Å²) in [6.07, 6.45) is 3.90. The third-order valence-corrected chi connectivity index (χ3v) is 3.25. The molecule has 1 aliphatic heterocycles. The molecule has 0 aromatic carbocycles. The molecule has 1 aromatic heterocycles. The van der Waals surface area contributed by atoms with E-state index in [4.69, 9.17) is 4.74 Å². The number of carbonyl (C=O) groups is 1. The number of pyridine rings is 1. The normalized spacial score (nSPS) is 19.4. The summed E-state index contributed by atoms with van der Waals surface area (Å²) in [6, 6.07) is 5.80. The molecule has 0 radical (unpaired) electrons. The molecule has 2 rings (SSSR count). The molecule has 1 N–H and O–H groups in total. The lowest BCUT2D eigenvalue weighted by atomic mass is 10.1. The maximum absolute atomic E-state index is 11.8. The topological polar surface area (TPSA) is 54.5 Å². The zero-order chi connectivity index (χ0) is 13.5. The number of ether oxygens (including phenoxy) is 1. The summed E-state index contributed by atoms with van der Waals surface area (Å²) < 4.78 is 5.85. The van der Waals surface area contributed by atoms with Gasteiger partial charge in [-0.15, -0.1) is 0 Å². The summed E-state index contributed by atoms with van der Waals surface area (Å²) >= 11 is 0. The van der Waals surface area contributed by atoms with Crippen molar-refractivity contribution in [3.63, 3.8) is 0 Å². The molecule has 104 valence electrons. The smallest absolute Gasteiger partial charge is 0.236 e. The Morgan fingerprint density at radius 1 is 1.58 bits per heavy atom. The SMILES string of the molecule is CNCC(=O)N1CCC[C@@H](OCc2ccccn2)C1. The molecular formula is C14H21N3O2. The van der Waals surface area contributed by atoms with Crippen LogP contribution < -0.4 is 5.32 Å². The minimum Gasteiger partial charge on any atom is -0.370 e. The molecule has 1 amide bonds. The van der Waals surface area contributed by atoms with Gasteiger partial charge in [-0.05, 0) is 32.0 Å². The van der Waals surface area contributed by atoms with Gasteiger partial charge in [-0.2, -0.15) is 0 Å². The fourth-order valence-electron chi connectivity index (χ4n) is 2.25. The van der Waals surface area contributed by atoms with E-state index in [0.29, 0.717) is 19.7 Å². The number of likely N-dealkylation sites (tertiary alicyclic amines) is 1. The Morgan fingerprint density at radius 3 is 3.21 bits per heavy atom. The summed E-state index contributed by atoms with van der Waals surface area (Å²) in [5.41, 5.74) is 0.932. The molecule has 5 heteroatoms. The van der Waals surface area contributed by atoms with Gasteiger partial charge in [0.1, 0.15) is 0 Å². The fraction of sp³-hybridized carbons (Fsp3) is 0.571. The summed E-state index contributed by atoms with van der Waals surface area (Å²) in [5.74, 6) is 0.147. The first-order valence-electron chi connectivity index (χ1n) is 6.73. The Hall–Kier alpha value is -1.46. The van der Waals surface area contributed by atoms with Crippen LogP contribution in [-0.4, -0.2) is 48.6 Å². The molecule has 1 atom stereocenters. The van der Waals surface area contributed by atoms with Crippen LogP contribution in [0.15, 0.2) is 24.4 Å². The third-order valence-electron chi connectivity index (χ3n) is 3.25. The highest BCUT2D eigenvalue weighted by atomic mass is 16.5. The van der Waals surface area contributed by atoms with Crippen LogP contribution in [0.25, 0.3) is 0 Å². The second-order valence-corrected chi connectivity index (χ2v) is 4.77. The van der Waals surface area contributed by atoms with Crippen molar-refractivity contribution in [2.24, 2.45) is 0 Å². The van der Waals surface area contributed by atoms with Crippen LogP contribution in [0, 0.1) is 0 Å². The van der Waals surface area contributed by atoms with Gasteiger partial charge in [-0.3, -0.25) is 9.78 Å². The number of piperidine rings is 1. The molecule has 1 saturated heterocycles. The monoisotopic (exact) mass is 263 g/mol. The van der Waals surface area contributed by atoms with Crippen LogP contribution in [0.1, 0.15) is 18.5 Å². The second-order valence-electron chi connectivity index (χ2n) is 4.77. The standard InChI is InChI=1S/C14H21N3O2/c1-15-9-14(18)17-8-4-6-13(10-17)19-11-12-5-2-3-7-16-12/h2-3,5,7,13,15H,4,6,8-11H2,1H3/t13-/m1/s1. The first kappa shape index (κ1) is 14.0. The van der Waals surface area contributed by atoms with Crippen LogP contribution in [-0.2, 0) is 16.1 Å². The van der Waals surface area contributed by atoms with Crippen LogP contribution in [0.3, 0.4) is 0 Å². The number of likely N-dealkylation sites (N-methyl/N-ethyl adjacent to an activating group) is 1. The number of rotatable bonds is 5. The van der Waals surface area contributed by atoms with Gasteiger partial charge in [0.25, 0.3) is 0 Å². The lowest BCUT2D eigenvalue weighted by Crippen LogP contribution is -2.46. The van der Waals surface area contributed by atoms with E-state index < -0.39 is 0 Å². The molecule has 0 unspecified atom stereocenters. The van der Waals surface area contributed by atoms with E-state index in [-0.39, 0.29) is 12.0 Å². The summed E-state index contributed by atoms with van der Waals surface area (Å²) in [5, 5.41) is 2.90. The maximum atomic E-state index is 11.8. The highest BCUT2D eigenvalue weighted by Gasteiger charge is 2.23. The molecule has 1 fully saturated rings. The second kappa shape index (κ2) is 7.21. The minimum atomic E-state index is 0.122. The molecule has 0 bridgehead atoms. The molecule has 5 nitrogen and oxygen atoms in total. The van der Waals surface area contributed by atoms with E-state index in [1.807, 2.05) is 23.1 Å². The number of nitrogens with zero attached hydrogens (tertiary/aromatic N) is 2. The van der Waals surface area contributed by atoms with Gasteiger partial charge in [0.05, 0.1) is 24.9 Å². The lowest BCUT2D eigenvalue weighted by Gasteiger charge is -2.32. The van der Waals surface area contributed by atoms with E-state index in [0.717, 1.165) is 25.1 Å². The predicted molar refractivity (Wildman–Crippen MR) is 72.6 cm³/mol. The summed E-state index contributed by atoms with van der Waals surface area (Å²) in [4.78, 5) is 17.9. The van der Waals surface area contributed by atoms with Crippen LogP contribution >= 0.6 is 0 Å². The fourth-order valence-corrected chi connectivity index (χ4v) is 2.25. The van der Waals surface area contributed by atoms with Gasteiger partial charge in [0.2, 0.25) is 5.91 Å². The number of amides is 1. The number of nitrogens with one attached hydrogen (secondary N) is 1. The highest BCUT2D eigenvalue weighted by Crippen LogP contribution is 2.14. The Morgan fingerprint density at radius 2 is 2.47 bits per heavy atom. The van der Waals surface area contributed by atoms with Crippen molar-refractivity contribution in [2.75, 3.05) is 26.7 Å². The zero-order valence-corrected chi connectivity index (χ0v) is 11.3. The largest absolute Gasteiger partial charge is 0.370 e. The van der Waals surface area contributed by atoms with Crippen molar-refractivity contribution in [1.82, 2.24) is 15.2 Å². The predicted octanol–water partition coefficient (Wildman–Crippen LogP) is 0.809. The Kier molecular flexibility index (Phi) is 5.30. The quantitative estimate of drug-likeness (QED) is 0.854. The van der Waals surface area contributed by atoms with Gasteiger partial charge in [-0.1, -0.05) is 6.07 Å². The lowest BCUT2D eigenvalue weighted by molar-refractivity contribution is -0.134. The van der Waals surface area contributed by atoms with E-state index in [1.54, 1.807) is 13.2 Å². The van der Waals surface area contributed by atoms with Crippen molar-refractivity contribution >= 4 is 5.91 Å². The summed E-state index contributed by atoms with van der Waals surface area (Å²) in [7, 11) is 1.79. The molecule has 1 aromatic rings. The average Bonchev–Trinajstić information content (AvgIpc) is 2.47. The molecular weight excluding hydrogens is 242 g/mol. The maximum Gasteiger partial charge on any atom is 0.236 e. The van der Waals surface area contributed by atoms with E-state index in [1.165, 1.54) is 0 Å². The molecule has 0 spiro atoms. The Bertz CT molecular complexity index is 397. The van der Waals surface area contributed by atoms with Gasteiger partial charge in [0, 0.05) is 19.3 Å². The van der Waals surface area contributed by atoms with E-state index in [2.05, 4.69) is 10.3 Å². The zero-order valence-electron chi connectivity index (χ0n) is 11.3. The summed E-state index contributed by atoms with van der Waals surface area (Å²) in [6.45, 7) is 2.43. The number of aromatic nitrogens is 1. The molecule has 0 saturated carbocycles. The van der Waals surface area contributed by atoms with Crippen LogP contribution in [0.5, 0.6) is 0 Å². The molecule has 2 heterocycles. The van der Waals surface area contributed by atoms with E-state index in [9.17, 15) is 4.79 Å². The first-order valence-corrected chi connectivity index (χ1v) is 6.73. The number of carbonyl (C=O) groups excluding carboxylic acids is 1. The molecule has 19 heavy (non-hydrogen) atoms. The molecule has 1 aliphatic rings. The van der Waals surface area contributed by atoms with Gasteiger partial charge in [-0.25, -0.2) is 0 Å². The van der Waals surface area contributed by atoms with Crippen molar-refractivity contribution < 1.29 is 9.53 Å². The van der Waals surface area contributed by atoms with Gasteiger partial charge in [0.15, 0.2) is 0 Å². The number of hydrogen-bond donors (Lipinski definition) is 1. The molecule has 0 aliphatic carbocycles. The number of hydrogen-bond acceptors (Lipinski definition) is 4. The van der Waals surface area contributed by atoms with Crippen LogP contribution in [0.2, 0.25) is 0 Å². The highest BCUT2D eigenvalue weighted by molar-refractivity contribution is 5.78. The van der Waals surface area contributed by atoms with Crippen LogP contribution in [0.4, 0.5) is 0 Å². The van der Waals surface area contributed by atoms with Crippen molar-refractivity contribution in [3.8, 4) is 0 Å². The first-order chi connectivity index (χ1) is 9.29. The van der Waals surface area contributed by atoms with Gasteiger partial charge >= 0.3 is 0 Å². The average molecular weight is 263 g/mol. The minimum absolute atomic E-state index is 0.122.